The van der Waals surface area contributed by atoms with Crippen molar-refractivity contribution in [1.82, 2.24) is 9.62 Å². The van der Waals surface area contributed by atoms with E-state index < -0.39 is 10.0 Å². The summed E-state index contributed by atoms with van der Waals surface area (Å²) >= 11 is 0. The zero-order valence-electron chi connectivity index (χ0n) is 14.3. The highest BCUT2D eigenvalue weighted by atomic mass is 32.2. The molecule has 0 aliphatic heterocycles. The predicted octanol–water partition coefficient (Wildman–Crippen LogP) is 3.35. The Morgan fingerprint density at radius 1 is 1.18 bits per heavy atom. The molecule has 4 nitrogen and oxygen atoms in total. The number of rotatable bonds is 9. The van der Waals surface area contributed by atoms with Crippen molar-refractivity contribution in [1.29, 1.82) is 0 Å². The minimum absolute atomic E-state index is 0.210. The first kappa shape index (κ1) is 20.4. The molecular formula is C17H28N2O2S. The SMILES string of the molecule is C=C/C=C(\C)S(=O)(=O)N/C(C=C)=C/C(CCN(C)C)=C(C)C. The van der Waals surface area contributed by atoms with Gasteiger partial charge in [0.05, 0.1) is 4.91 Å². The zero-order chi connectivity index (χ0) is 17.3. The second kappa shape index (κ2) is 9.43. The van der Waals surface area contributed by atoms with Crippen LogP contribution in [0, 0.1) is 0 Å². The van der Waals surface area contributed by atoms with Gasteiger partial charge >= 0.3 is 0 Å². The molecule has 0 aliphatic rings. The van der Waals surface area contributed by atoms with Gasteiger partial charge in [-0.25, -0.2) is 8.42 Å². The Balaban J connectivity index is 5.40. The molecule has 0 atom stereocenters. The number of sulfonamides is 1. The highest BCUT2D eigenvalue weighted by Gasteiger charge is 2.13. The molecule has 0 aromatic rings. The highest BCUT2D eigenvalue weighted by molar-refractivity contribution is 7.93. The molecule has 0 fully saturated rings. The molecule has 0 bridgehead atoms. The maximum atomic E-state index is 12.2. The predicted molar refractivity (Wildman–Crippen MR) is 95.8 cm³/mol. The third-order valence-corrected chi connectivity index (χ3v) is 4.54. The molecule has 0 saturated carbocycles. The summed E-state index contributed by atoms with van der Waals surface area (Å²) in [5.41, 5.74) is 2.71. The monoisotopic (exact) mass is 324 g/mol. The minimum atomic E-state index is -3.57. The van der Waals surface area contributed by atoms with Crippen LogP contribution < -0.4 is 4.72 Å². The Kier molecular flexibility index (Phi) is 8.75. The zero-order valence-corrected chi connectivity index (χ0v) is 15.1. The summed E-state index contributed by atoms with van der Waals surface area (Å²) in [6, 6.07) is 0. The molecule has 1 N–H and O–H groups in total. The topological polar surface area (TPSA) is 49.4 Å². The fourth-order valence-electron chi connectivity index (χ4n) is 1.62. The van der Waals surface area contributed by atoms with Crippen LogP contribution in [0.25, 0.3) is 0 Å². The number of nitrogens with zero attached hydrogens (tertiary/aromatic N) is 1. The highest BCUT2D eigenvalue weighted by Crippen LogP contribution is 2.14. The van der Waals surface area contributed by atoms with Gasteiger partial charge in [0, 0.05) is 12.2 Å². The van der Waals surface area contributed by atoms with Crippen LogP contribution in [0.15, 0.2) is 59.2 Å². The minimum Gasteiger partial charge on any atom is -0.309 e. The second-order valence-electron chi connectivity index (χ2n) is 5.50. The lowest BCUT2D eigenvalue weighted by Crippen LogP contribution is -2.23. The van der Waals surface area contributed by atoms with E-state index in [1.165, 1.54) is 25.2 Å². The molecule has 0 aromatic heterocycles. The van der Waals surface area contributed by atoms with Crippen molar-refractivity contribution in [2.24, 2.45) is 0 Å². The van der Waals surface area contributed by atoms with Crippen LogP contribution in [-0.2, 0) is 10.0 Å². The van der Waals surface area contributed by atoms with E-state index in [1.807, 2.05) is 34.0 Å². The van der Waals surface area contributed by atoms with Gasteiger partial charge in [-0.05, 0) is 65.1 Å². The van der Waals surface area contributed by atoms with Crippen LogP contribution in [0.1, 0.15) is 27.2 Å². The Morgan fingerprint density at radius 3 is 2.18 bits per heavy atom. The molecule has 0 heterocycles. The molecule has 22 heavy (non-hydrogen) atoms. The summed E-state index contributed by atoms with van der Waals surface area (Å²) in [5, 5.41) is 0. The molecule has 0 rings (SSSR count). The maximum Gasteiger partial charge on any atom is 0.257 e. The van der Waals surface area contributed by atoms with Crippen LogP contribution in [0.2, 0.25) is 0 Å². The van der Waals surface area contributed by atoms with Crippen LogP contribution in [0.3, 0.4) is 0 Å². The number of hydrogen-bond acceptors (Lipinski definition) is 3. The Hall–Kier alpha value is -1.59. The van der Waals surface area contributed by atoms with Crippen LogP contribution in [-0.4, -0.2) is 34.0 Å². The van der Waals surface area contributed by atoms with E-state index >= 15 is 0 Å². The van der Waals surface area contributed by atoms with Crippen LogP contribution in [0.5, 0.6) is 0 Å². The van der Waals surface area contributed by atoms with Crippen molar-refractivity contribution in [2.45, 2.75) is 27.2 Å². The van der Waals surface area contributed by atoms with E-state index in [1.54, 1.807) is 0 Å². The van der Waals surface area contributed by atoms with E-state index in [0.29, 0.717) is 5.70 Å². The maximum absolute atomic E-state index is 12.2. The third kappa shape index (κ3) is 7.43. The molecule has 5 heteroatoms. The van der Waals surface area contributed by atoms with Crippen molar-refractivity contribution < 1.29 is 8.42 Å². The summed E-state index contributed by atoms with van der Waals surface area (Å²) < 4.78 is 26.9. The Morgan fingerprint density at radius 2 is 1.77 bits per heavy atom. The smallest absolute Gasteiger partial charge is 0.257 e. The van der Waals surface area contributed by atoms with Crippen molar-refractivity contribution in [3.8, 4) is 0 Å². The van der Waals surface area contributed by atoms with Crippen molar-refractivity contribution in [2.75, 3.05) is 20.6 Å². The molecular weight excluding hydrogens is 296 g/mol. The summed E-state index contributed by atoms with van der Waals surface area (Å²) in [5.74, 6) is 0. The molecule has 0 radical (unpaired) electrons. The molecule has 0 unspecified atom stereocenters. The molecule has 0 saturated heterocycles. The first-order valence-electron chi connectivity index (χ1n) is 7.11. The van der Waals surface area contributed by atoms with Crippen LogP contribution in [0.4, 0.5) is 0 Å². The van der Waals surface area contributed by atoms with Gasteiger partial charge < -0.3 is 4.90 Å². The van der Waals surface area contributed by atoms with Crippen LogP contribution >= 0.6 is 0 Å². The lowest BCUT2D eigenvalue weighted by molar-refractivity contribution is 0.414. The summed E-state index contributed by atoms with van der Waals surface area (Å²) in [6.07, 6.45) is 7.10. The van der Waals surface area contributed by atoms with Gasteiger partial charge in [-0.15, -0.1) is 0 Å². The number of hydrogen-bond donors (Lipinski definition) is 1. The molecule has 124 valence electrons. The molecule has 0 spiro atoms. The lowest BCUT2D eigenvalue weighted by atomic mass is 10.1. The summed E-state index contributed by atoms with van der Waals surface area (Å²) in [6.45, 7) is 13.6. The Labute approximate surface area is 135 Å². The molecule has 0 amide bonds. The average Bonchev–Trinajstić information content (AvgIpc) is 2.41. The lowest BCUT2D eigenvalue weighted by Gasteiger charge is -2.14. The van der Waals surface area contributed by atoms with Gasteiger partial charge in [0.25, 0.3) is 10.0 Å². The van der Waals surface area contributed by atoms with E-state index in [9.17, 15) is 8.42 Å². The van der Waals surface area contributed by atoms with Crippen molar-refractivity contribution >= 4 is 10.0 Å². The van der Waals surface area contributed by atoms with E-state index in [-0.39, 0.29) is 4.91 Å². The summed E-state index contributed by atoms with van der Waals surface area (Å²) in [7, 11) is 0.445. The summed E-state index contributed by atoms with van der Waals surface area (Å²) in [4.78, 5) is 2.30. The van der Waals surface area contributed by atoms with Crippen molar-refractivity contribution in [3.63, 3.8) is 0 Å². The van der Waals surface area contributed by atoms with E-state index in [2.05, 4.69) is 22.8 Å². The Bertz CT molecular complexity index is 590. The third-order valence-electron chi connectivity index (χ3n) is 3.05. The fourth-order valence-corrected chi connectivity index (χ4v) is 2.51. The van der Waals surface area contributed by atoms with Gasteiger partial charge in [0.2, 0.25) is 0 Å². The van der Waals surface area contributed by atoms with Gasteiger partial charge in [0.1, 0.15) is 0 Å². The van der Waals surface area contributed by atoms with Gasteiger partial charge in [-0.1, -0.05) is 24.8 Å². The average molecular weight is 324 g/mol. The van der Waals surface area contributed by atoms with Crippen molar-refractivity contribution in [3.05, 3.63) is 59.2 Å². The molecule has 0 aliphatic carbocycles. The largest absolute Gasteiger partial charge is 0.309 e. The van der Waals surface area contributed by atoms with E-state index in [4.69, 9.17) is 0 Å². The quantitative estimate of drug-likeness (QED) is 0.662. The second-order valence-corrected chi connectivity index (χ2v) is 7.36. The van der Waals surface area contributed by atoms with E-state index in [0.717, 1.165) is 24.1 Å². The first-order chi connectivity index (χ1) is 10.1. The fraction of sp³-hybridized carbons (Fsp3) is 0.412. The first-order valence-corrected chi connectivity index (χ1v) is 8.59. The normalized spacial score (nSPS) is 13.0. The van der Waals surface area contributed by atoms with Gasteiger partial charge in [0.15, 0.2) is 0 Å². The molecule has 0 aromatic carbocycles. The number of allylic oxidation sites excluding steroid dienone is 6. The van der Waals surface area contributed by atoms with Gasteiger partial charge in [-0.3, -0.25) is 4.72 Å². The number of nitrogens with one attached hydrogen (secondary N) is 1. The van der Waals surface area contributed by atoms with Gasteiger partial charge in [-0.2, -0.15) is 0 Å². The standard InChI is InChI=1S/C17H28N2O2S/c1-8-10-15(5)22(20,21)18-17(9-2)13-16(14(3)4)11-12-19(6)7/h8-10,13,18H,1-2,11-12H2,3-7H3/b15-10+,17-13+.